The molecule has 1 N–H and O–H groups in total. The van der Waals surface area contributed by atoms with Gasteiger partial charge in [0.2, 0.25) is 0 Å². The van der Waals surface area contributed by atoms with E-state index in [1.807, 2.05) is 37.4 Å². The maximum Gasteiger partial charge on any atom is 0.127 e. The van der Waals surface area contributed by atoms with Crippen LogP contribution < -0.4 is 5.32 Å². The molecule has 0 bridgehead atoms. The summed E-state index contributed by atoms with van der Waals surface area (Å²) in [6, 6.07) is 9.40. The van der Waals surface area contributed by atoms with Crippen molar-refractivity contribution in [3.05, 3.63) is 41.6 Å². The average Bonchev–Trinajstić information content (AvgIpc) is 2.32. The van der Waals surface area contributed by atoms with E-state index in [1.54, 1.807) is 6.20 Å². The Balaban J connectivity index is 2.24. The SMILES string of the molecule is CNc1cccc(Sc2ncccc2Cl)n1. The lowest BCUT2D eigenvalue weighted by Crippen LogP contribution is -1.92. The van der Waals surface area contributed by atoms with E-state index in [9.17, 15) is 0 Å². The van der Waals surface area contributed by atoms with Gasteiger partial charge in [-0.3, -0.25) is 0 Å². The summed E-state index contributed by atoms with van der Waals surface area (Å²) in [6.45, 7) is 0. The van der Waals surface area contributed by atoms with Crippen molar-refractivity contribution in [3.8, 4) is 0 Å². The second-order valence-electron chi connectivity index (χ2n) is 3.00. The highest BCUT2D eigenvalue weighted by atomic mass is 35.5. The van der Waals surface area contributed by atoms with Crippen molar-refractivity contribution in [3.63, 3.8) is 0 Å². The number of hydrogen-bond donors (Lipinski definition) is 1. The predicted molar refractivity (Wildman–Crippen MR) is 67.2 cm³/mol. The van der Waals surface area contributed by atoms with Crippen LogP contribution in [0.15, 0.2) is 46.6 Å². The van der Waals surface area contributed by atoms with Crippen LogP contribution in [-0.2, 0) is 0 Å². The number of halogens is 1. The molecular weight excluding hydrogens is 242 g/mol. The lowest BCUT2D eigenvalue weighted by Gasteiger charge is -2.04. The monoisotopic (exact) mass is 251 g/mol. The van der Waals surface area contributed by atoms with Gasteiger partial charge in [0.05, 0.1) is 5.02 Å². The smallest absolute Gasteiger partial charge is 0.127 e. The molecule has 0 atom stereocenters. The number of aromatic nitrogens is 2. The van der Waals surface area contributed by atoms with Gasteiger partial charge in [0, 0.05) is 13.2 Å². The number of pyridine rings is 2. The molecule has 0 aliphatic carbocycles. The molecule has 0 saturated carbocycles. The van der Waals surface area contributed by atoms with Gasteiger partial charge in [-0.05, 0) is 36.0 Å². The zero-order valence-electron chi connectivity index (χ0n) is 8.64. The molecule has 5 heteroatoms. The van der Waals surface area contributed by atoms with Crippen molar-refractivity contribution in [1.29, 1.82) is 0 Å². The highest BCUT2D eigenvalue weighted by Gasteiger charge is 2.04. The zero-order chi connectivity index (χ0) is 11.4. The normalized spacial score (nSPS) is 10.1. The molecule has 0 amide bonds. The standard InChI is InChI=1S/C11H10ClN3S/c1-13-9-5-2-6-10(15-9)16-11-8(12)4-3-7-14-11/h2-7H,1H3,(H,13,15). The summed E-state index contributed by atoms with van der Waals surface area (Å²) in [7, 11) is 1.84. The van der Waals surface area contributed by atoms with E-state index in [-0.39, 0.29) is 0 Å². The number of nitrogens with zero attached hydrogens (tertiary/aromatic N) is 2. The molecule has 2 aromatic rings. The summed E-state index contributed by atoms with van der Waals surface area (Å²) >= 11 is 7.47. The van der Waals surface area contributed by atoms with Crippen LogP contribution in [0.25, 0.3) is 0 Å². The van der Waals surface area contributed by atoms with E-state index in [4.69, 9.17) is 11.6 Å². The molecule has 2 rings (SSSR count). The Bertz CT molecular complexity index is 490. The summed E-state index contributed by atoms with van der Waals surface area (Å²) in [5.41, 5.74) is 0. The van der Waals surface area contributed by atoms with Crippen molar-refractivity contribution in [2.75, 3.05) is 12.4 Å². The number of hydrogen-bond acceptors (Lipinski definition) is 4. The lowest BCUT2D eigenvalue weighted by molar-refractivity contribution is 1.09. The van der Waals surface area contributed by atoms with Gasteiger partial charge in [0.25, 0.3) is 0 Å². The molecule has 0 radical (unpaired) electrons. The summed E-state index contributed by atoms with van der Waals surface area (Å²) in [6.07, 6.45) is 1.72. The first kappa shape index (κ1) is 11.2. The molecule has 0 aromatic carbocycles. The van der Waals surface area contributed by atoms with E-state index < -0.39 is 0 Å². The van der Waals surface area contributed by atoms with Gasteiger partial charge >= 0.3 is 0 Å². The van der Waals surface area contributed by atoms with E-state index in [0.29, 0.717) is 5.02 Å². The first-order valence-corrected chi connectivity index (χ1v) is 5.92. The molecule has 0 aliphatic heterocycles. The molecule has 3 nitrogen and oxygen atoms in total. The third kappa shape index (κ3) is 2.65. The van der Waals surface area contributed by atoms with Gasteiger partial charge in [-0.2, -0.15) is 0 Å². The van der Waals surface area contributed by atoms with Crippen LogP contribution in [0.2, 0.25) is 5.02 Å². The first-order valence-electron chi connectivity index (χ1n) is 4.73. The Labute approximate surface area is 103 Å². The predicted octanol–water partition coefficient (Wildman–Crippen LogP) is 3.32. The zero-order valence-corrected chi connectivity index (χ0v) is 10.2. The van der Waals surface area contributed by atoms with Crippen LogP contribution in [0, 0.1) is 0 Å². The third-order valence-electron chi connectivity index (χ3n) is 1.91. The summed E-state index contributed by atoms with van der Waals surface area (Å²) in [4.78, 5) is 8.58. The van der Waals surface area contributed by atoms with Crippen LogP contribution in [-0.4, -0.2) is 17.0 Å². The molecule has 0 aliphatic rings. The minimum Gasteiger partial charge on any atom is -0.373 e. The Morgan fingerprint density at radius 3 is 2.88 bits per heavy atom. The van der Waals surface area contributed by atoms with Crippen molar-refractivity contribution in [1.82, 2.24) is 9.97 Å². The Kier molecular flexibility index (Phi) is 3.64. The summed E-state index contributed by atoms with van der Waals surface area (Å²) in [5, 5.41) is 5.27. The molecule has 0 unspecified atom stereocenters. The lowest BCUT2D eigenvalue weighted by atomic mass is 10.5. The van der Waals surface area contributed by atoms with E-state index in [1.165, 1.54) is 11.8 Å². The maximum atomic E-state index is 6.02. The minimum absolute atomic E-state index is 0.643. The molecule has 82 valence electrons. The van der Waals surface area contributed by atoms with E-state index in [0.717, 1.165) is 15.9 Å². The molecule has 2 heterocycles. The Morgan fingerprint density at radius 2 is 2.12 bits per heavy atom. The maximum absolute atomic E-state index is 6.02. The van der Waals surface area contributed by atoms with Gasteiger partial charge in [-0.15, -0.1) is 0 Å². The highest BCUT2D eigenvalue weighted by Crippen LogP contribution is 2.30. The van der Waals surface area contributed by atoms with Gasteiger partial charge in [-0.1, -0.05) is 17.7 Å². The van der Waals surface area contributed by atoms with Crippen molar-refractivity contribution in [2.24, 2.45) is 0 Å². The van der Waals surface area contributed by atoms with Crippen LogP contribution in [0.3, 0.4) is 0 Å². The fourth-order valence-electron chi connectivity index (χ4n) is 1.16. The molecule has 0 spiro atoms. The number of rotatable bonds is 3. The fraction of sp³-hybridized carbons (Fsp3) is 0.0909. The Morgan fingerprint density at radius 1 is 1.25 bits per heavy atom. The number of nitrogens with one attached hydrogen (secondary N) is 1. The largest absolute Gasteiger partial charge is 0.373 e. The van der Waals surface area contributed by atoms with Gasteiger partial charge in [0.1, 0.15) is 15.9 Å². The molecule has 2 aromatic heterocycles. The number of anilines is 1. The van der Waals surface area contributed by atoms with Crippen molar-refractivity contribution < 1.29 is 0 Å². The van der Waals surface area contributed by atoms with Gasteiger partial charge in [-0.25, -0.2) is 9.97 Å². The molecular formula is C11H10ClN3S. The minimum atomic E-state index is 0.643. The quantitative estimate of drug-likeness (QED) is 0.908. The molecule has 0 saturated heterocycles. The topological polar surface area (TPSA) is 37.8 Å². The summed E-state index contributed by atoms with van der Waals surface area (Å²) < 4.78 is 0. The molecule has 0 fully saturated rings. The van der Waals surface area contributed by atoms with Crippen LogP contribution in [0.4, 0.5) is 5.82 Å². The Hall–Kier alpha value is -1.26. The van der Waals surface area contributed by atoms with E-state index >= 15 is 0 Å². The van der Waals surface area contributed by atoms with E-state index in [2.05, 4.69) is 15.3 Å². The van der Waals surface area contributed by atoms with Crippen LogP contribution in [0.1, 0.15) is 0 Å². The van der Waals surface area contributed by atoms with Crippen molar-refractivity contribution in [2.45, 2.75) is 10.1 Å². The fourth-order valence-corrected chi connectivity index (χ4v) is 2.16. The summed E-state index contributed by atoms with van der Waals surface area (Å²) in [5.74, 6) is 0.831. The highest BCUT2D eigenvalue weighted by molar-refractivity contribution is 7.99. The first-order chi connectivity index (χ1) is 7.79. The van der Waals surface area contributed by atoms with Crippen LogP contribution >= 0.6 is 23.4 Å². The third-order valence-corrected chi connectivity index (χ3v) is 3.28. The second kappa shape index (κ2) is 5.18. The average molecular weight is 252 g/mol. The van der Waals surface area contributed by atoms with Crippen LogP contribution in [0.5, 0.6) is 0 Å². The molecule has 16 heavy (non-hydrogen) atoms. The van der Waals surface area contributed by atoms with Crippen molar-refractivity contribution >= 4 is 29.2 Å². The van der Waals surface area contributed by atoms with Gasteiger partial charge < -0.3 is 5.32 Å². The van der Waals surface area contributed by atoms with Gasteiger partial charge in [0.15, 0.2) is 0 Å². The second-order valence-corrected chi connectivity index (χ2v) is 4.42.